The van der Waals surface area contributed by atoms with Gasteiger partial charge in [-0.05, 0) is 0 Å². The molecule has 0 radical (unpaired) electrons. The van der Waals surface area contributed by atoms with Crippen molar-refractivity contribution < 1.29 is 5.11 Å². The molecule has 0 saturated carbocycles. The van der Waals surface area contributed by atoms with Gasteiger partial charge in [0.15, 0.2) is 0 Å². The third-order valence-corrected chi connectivity index (χ3v) is 6.76. The summed E-state index contributed by atoms with van der Waals surface area (Å²) in [6, 6.07) is 0. The van der Waals surface area contributed by atoms with Crippen molar-refractivity contribution in [2.24, 2.45) is 0 Å². The van der Waals surface area contributed by atoms with Crippen molar-refractivity contribution in [2.75, 3.05) is 26.2 Å². The quantitative estimate of drug-likeness (QED) is 0.803. The van der Waals surface area contributed by atoms with Crippen LogP contribution in [-0.2, 0) is 13.1 Å². The van der Waals surface area contributed by atoms with Crippen molar-refractivity contribution in [3.8, 4) is 0 Å². The summed E-state index contributed by atoms with van der Waals surface area (Å²) in [4.78, 5) is 4.55. The van der Waals surface area contributed by atoms with Crippen molar-refractivity contribution in [3.63, 3.8) is 0 Å². The molecular weight excluding hydrogens is 368 g/mol. The van der Waals surface area contributed by atoms with Crippen molar-refractivity contribution in [2.45, 2.75) is 58.7 Å². The van der Waals surface area contributed by atoms with E-state index in [1.165, 1.54) is 0 Å². The molecule has 9 heteroatoms. The maximum atomic E-state index is 10.4. The van der Waals surface area contributed by atoms with Crippen LogP contribution in [0.3, 0.4) is 0 Å². The molecule has 3 rings (SSSR count). The van der Waals surface area contributed by atoms with Crippen LogP contribution in [0, 0.1) is 0 Å². The first-order valence-electron chi connectivity index (χ1n) is 9.18. The molecule has 144 valence electrons. The second kappa shape index (κ2) is 8.79. The van der Waals surface area contributed by atoms with Gasteiger partial charge in [0.25, 0.3) is 0 Å². The first-order chi connectivity index (χ1) is 12.4. The fourth-order valence-corrected chi connectivity index (χ4v) is 4.69. The van der Waals surface area contributed by atoms with E-state index in [4.69, 9.17) is 0 Å². The highest BCUT2D eigenvalue weighted by Crippen LogP contribution is 2.22. The molecule has 0 aromatic carbocycles. The van der Waals surface area contributed by atoms with Gasteiger partial charge in [-0.25, -0.2) is 0 Å². The zero-order valence-corrected chi connectivity index (χ0v) is 17.6. The standard InChI is InChI=1S/C17H28N6OS2/c1-11(2)16-20-18-14(25-16)9-22-5-6-23(8-13(24)7-22)10-15-19-21-17(26-15)12(3)4/h11-13,24H,5-10H2,1-4H3. The van der Waals surface area contributed by atoms with Crippen LogP contribution in [-0.4, -0.2) is 67.6 Å². The number of aromatic nitrogens is 4. The van der Waals surface area contributed by atoms with Gasteiger partial charge < -0.3 is 5.11 Å². The van der Waals surface area contributed by atoms with Crippen LogP contribution < -0.4 is 0 Å². The van der Waals surface area contributed by atoms with Crippen LogP contribution in [0.1, 0.15) is 59.6 Å². The molecule has 0 aliphatic carbocycles. The van der Waals surface area contributed by atoms with Crippen molar-refractivity contribution in [1.82, 2.24) is 30.2 Å². The summed E-state index contributed by atoms with van der Waals surface area (Å²) in [5, 5.41) is 31.8. The molecular formula is C17H28N6OS2. The van der Waals surface area contributed by atoms with E-state index < -0.39 is 0 Å². The molecule has 1 fully saturated rings. The van der Waals surface area contributed by atoms with E-state index in [0.717, 1.165) is 46.2 Å². The Bertz CT molecular complexity index is 643. The lowest BCUT2D eigenvalue weighted by Crippen LogP contribution is -2.33. The third-order valence-electron chi connectivity index (χ3n) is 4.34. The van der Waals surface area contributed by atoms with Crippen molar-refractivity contribution >= 4 is 22.7 Å². The third kappa shape index (κ3) is 5.26. The fraction of sp³-hybridized carbons (Fsp3) is 0.765. The Hall–Kier alpha value is -1.00. The van der Waals surface area contributed by atoms with Crippen LogP contribution >= 0.6 is 22.7 Å². The molecule has 0 spiro atoms. The van der Waals surface area contributed by atoms with Gasteiger partial charge in [-0.1, -0.05) is 50.4 Å². The molecule has 1 aliphatic rings. The second-order valence-corrected chi connectivity index (χ2v) is 9.69. The average Bonchev–Trinajstić information content (AvgIpc) is 3.18. The number of rotatable bonds is 6. The van der Waals surface area contributed by atoms with E-state index in [1.807, 2.05) is 0 Å². The number of aliphatic hydroxyl groups excluding tert-OH is 1. The Kier molecular flexibility index (Phi) is 6.68. The second-order valence-electron chi connectivity index (χ2n) is 7.50. The molecule has 0 atom stereocenters. The van der Waals surface area contributed by atoms with Gasteiger partial charge in [0.2, 0.25) is 0 Å². The first kappa shape index (κ1) is 19.8. The van der Waals surface area contributed by atoms with Gasteiger partial charge in [-0.3, -0.25) is 9.80 Å². The highest BCUT2D eigenvalue weighted by Gasteiger charge is 2.23. The molecule has 26 heavy (non-hydrogen) atoms. The monoisotopic (exact) mass is 396 g/mol. The van der Waals surface area contributed by atoms with Gasteiger partial charge in [0.1, 0.15) is 20.0 Å². The SMILES string of the molecule is CC(C)c1nnc(CN2CCN(Cc3nnc(C(C)C)s3)CC(O)C2)s1. The van der Waals surface area contributed by atoms with Crippen LogP contribution in [0.15, 0.2) is 0 Å². The summed E-state index contributed by atoms with van der Waals surface area (Å²) >= 11 is 3.35. The molecule has 1 aliphatic heterocycles. The summed E-state index contributed by atoms with van der Waals surface area (Å²) in [7, 11) is 0. The normalized spacial score (nSPS) is 18.1. The number of β-amino-alcohol motifs (C(OH)–C–C–N with tert-alkyl or cyclic N) is 1. The molecule has 7 nitrogen and oxygen atoms in total. The highest BCUT2D eigenvalue weighted by atomic mass is 32.1. The van der Waals surface area contributed by atoms with Gasteiger partial charge >= 0.3 is 0 Å². The minimum absolute atomic E-state index is 0.368. The van der Waals surface area contributed by atoms with Crippen LogP contribution in [0.4, 0.5) is 0 Å². The Balaban J connectivity index is 1.56. The maximum absolute atomic E-state index is 10.4. The molecule has 0 bridgehead atoms. The van der Waals surface area contributed by atoms with Gasteiger partial charge in [-0.2, -0.15) is 0 Å². The average molecular weight is 397 g/mol. The predicted molar refractivity (Wildman–Crippen MR) is 105 cm³/mol. The number of aliphatic hydroxyl groups is 1. The smallest absolute Gasteiger partial charge is 0.131 e. The van der Waals surface area contributed by atoms with E-state index in [1.54, 1.807) is 22.7 Å². The van der Waals surface area contributed by atoms with Gasteiger partial charge in [0, 0.05) is 38.0 Å². The minimum atomic E-state index is -0.368. The fourth-order valence-electron chi connectivity index (χ4n) is 2.92. The summed E-state index contributed by atoms with van der Waals surface area (Å²) < 4.78 is 0. The lowest BCUT2D eigenvalue weighted by atomic mass is 10.2. The van der Waals surface area contributed by atoms with Gasteiger partial charge in [-0.15, -0.1) is 20.4 Å². The van der Waals surface area contributed by atoms with Crippen LogP contribution in [0.2, 0.25) is 0 Å². The molecule has 1 N–H and O–H groups in total. The molecule has 2 aromatic heterocycles. The summed E-state index contributed by atoms with van der Waals surface area (Å²) in [6.07, 6.45) is -0.368. The van der Waals surface area contributed by atoms with E-state index >= 15 is 0 Å². The molecule has 0 unspecified atom stereocenters. The Morgan fingerprint density at radius 2 is 1.27 bits per heavy atom. The predicted octanol–water partition coefficient (Wildman–Crippen LogP) is 2.32. The zero-order chi connectivity index (χ0) is 18.7. The topological polar surface area (TPSA) is 78.3 Å². The lowest BCUT2D eigenvalue weighted by Gasteiger charge is -2.19. The Morgan fingerprint density at radius 3 is 1.62 bits per heavy atom. The van der Waals surface area contributed by atoms with Crippen LogP contribution in [0.25, 0.3) is 0 Å². The Morgan fingerprint density at radius 1 is 0.846 bits per heavy atom. The largest absolute Gasteiger partial charge is 0.390 e. The van der Waals surface area contributed by atoms with Gasteiger partial charge in [0.05, 0.1) is 19.2 Å². The molecule has 0 amide bonds. The summed E-state index contributed by atoms with van der Waals surface area (Å²) in [5.74, 6) is 0.822. The van der Waals surface area contributed by atoms with E-state index in [9.17, 15) is 5.11 Å². The first-order valence-corrected chi connectivity index (χ1v) is 10.8. The number of hydrogen-bond acceptors (Lipinski definition) is 9. The summed E-state index contributed by atoms with van der Waals surface area (Å²) in [5.41, 5.74) is 0. The maximum Gasteiger partial charge on any atom is 0.131 e. The van der Waals surface area contributed by atoms with Crippen LogP contribution in [0.5, 0.6) is 0 Å². The van der Waals surface area contributed by atoms with Crippen molar-refractivity contribution in [1.29, 1.82) is 0 Å². The molecule has 2 aromatic rings. The molecule has 3 heterocycles. The lowest BCUT2D eigenvalue weighted by molar-refractivity contribution is 0.106. The van der Waals surface area contributed by atoms with E-state index in [-0.39, 0.29) is 6.10 Å². The van der Waals surface area contributed by atoms with Crippen molar-refractivity contribution in [3.05, 3.63) is 20.0 Å². The number of nitrogens with zero attached hydrogens (tertiary/aromatic N) is 6. The minimum Gasteiger partial charge on any atom is -0.390 e. The summed E-state index contributed by atoms with van der Waals surface area (Å²) in [6.45, 7) is 13.2. The Labute approximate surface area is 163 Å². The molecule has 1 saturated heterocycles. The zero-order valence-electron chi connectivity index (χ0n) is 15.9. The number of hydrogen-bond donors (Lipinski definition) is 1. The van der Waals surface area contributed by atoms with E-state index in [0.29, 0.717) is 24.9 Å². The highest BCUT2D eigenvalue weighted by molar-refractivity contribution is 7.11. The van der Waals surface area contributed by atoms with E-state index in [2.05, 4.69) is 57.9 Å².